The van der Waals surface area contributed by atoms with Crippen molar-refractivity contribution in [2.45, 2.75) is 32.9 Å². The molecule has 3 aromatic rings. The van der Waals surface area contributed by atoms with Crippen molar-refractivity contribution in [2.75, 3.05) is 11.9 Å². The van der Waals surface area contributed by atoms with Crippen molar-refractivity contribution in [3.63, 3.8) is 0 Å². The molecule has 0 aliphatic heterocycles. The zero-order valence-corrected chi connectivity index (χ0v) is 17.6. The lowest BCUT2D eigenvalue weighted by Crippen LogP contribution is -2.39. The summed E-state index contributed by atoms with van der Waals surface area (Å²) in [6.07, 6.45) is 0.937. The van der Waals surface area contributed by atoms with Gasteiger partial charge in [0, 0.05) is 17.8 Å². The van der Waals surface area contributed by atoms with Crippen LogP contribution in [0.3, 0.4) is 0 Å². The van der Waals surface area contributed by atoms with Gasteiger partial charge in [-0.1, -0.05) is 12.1 Å². The highest BCUT2D eigenvalue weighted by Gasteiger charge is 2.16. The Morgan fingerprint density at radius 2 is 1.77 bits per heavy atom. The molecule has 0 spiro atoms. The molecule has 0 atom stereocenters. The van der Waals surface area contributed by atoms with E-state index in [-0.39, 0.29) is 18.4 Å². The minimum absolute atomic E-state index is 0.177. The van der Waals surface area contributed by atoms with Crippen LogP contribution in [0.5, 0.6) is 0 Å². The van der Waals surface area contributed by atoms with E-state index >= 15 is 0 Å². The van der Waals surface area contributed by atoms with Gasteiger partial charge >= 0.3 is 6.09 Å². The molecule has 0 aliphatic carbocycles. The number of anilines is 1. The summed E-state index contributed by atoms with van der Waals surface area (Å²) in [6.45, 7) is 5.35. The Labute approximate surface area is 179 Å². The maximum atomic E-state index is 12.4. The van der Waals surface area contributed by atoms with E-state index in [1.54, 1.807) is 69.6 Å². The molecule has 9 nitrogen and oxygen atoms in total. The number of nitrogens with zero attached hydrogens (tertiary/aromatic N) is 1. The second-order valence-electron chi connectivity index (χ2n) is 7.92. The van der Waals surface area contributed by atoms with E-state index in [0.29, 0.717) is 17.8 Å². The number of hydrogen-bond acceptors (Lipinski definition) is 5. The Kier molecular flexibility index (Phi) is 6.54. The van der Waals surface area contributed by atoms with Gasteiger partial charge in [-0.2, -0.15) is 0 Å². The smallest absolute Gasteiger partial charge is 0.408 e. The Balaban J connectivity index is 1.46. The predicted molar refractivity (Wildman–Crippen MR) is 117 cm³/mol. The van der Waals surface area contributed by atoms with Crippen LogP contribution in [0, 0.1) is 0 Å². The lowest BCUT2D eigenvalue weighted by Gasteiger charge is -2.19. The number of H-pyrrole nitrogens is 1. The van der Waals surface area contributed by atoms with Gasteiger partial charge in [0.2, 0.25) is 5.91 Å². The minimum Gasteiger partial charge on any atom is -0.444 e. The monoisotopic (exact) mass is 423 g/mol. The summed E-state index contributed by atoms with van der Waals surface area (Å²) in [6, 6.07) is 12.4. The zero-order valence-electron chi connectivity index (χ0n) is 17.6. The number of aromatic nitrogens is 2. The molecule has 3 rings (SSSR count). The van der Waals surface area contributed by atoms with Crippen molar-refractivity contribution in [2.24, 2.45) is 0 Å². The summed E-state index contributed by atoms with van der Waals surface area (Å²) in [7, 11) is 0. The summed E-state index contributed by atoms with van der Waals surface area (Å²) >= 11 is 0. The first-order valence-corrected chi connectivity index (χ1v) is 9.76. The number of alkyl carbamates (subject to hydrolysis) is 1. The SMILES string of the molecule is CC(C)(C)OC(=O)NCC(=O)NCc1ccc(NC(=O)c2ccc3nc[nH]c3c2)cc1. The van der Waals surface area contributed by atoms with Gasteiger partial charge < -0.3 is 25.7 Å². The largest absolute Gasteiger partial charge is 0.444 e. The number of aromatic amines is 1. The number of amides is 3. The van der Waals surface area contributed by atoms with E-state index in [0.717, 1.165) is 16.6 Å². The quantitative estimate of drug-likeness (QED) is 0.485. The van der Waals surface area contributed by atoms with Gasteiger partial charge in [0.25, 0.3) is 5.91 Å². The first kappa shape index (κ1) is 21.8. The summed E-state index contributed by atoms with van der Waals surface area (Å²) in [5, 5.41) is 7.95. The number of carbonyl (C=O) groups is 3. The maximum Gasteiger partial charge on any atom is 0.408 e. The van der Waals surface area contributed by atoms with Crippen LogP contribution >= 0.6 is 0 Å². The number of hydrogen-bond donors (Lipinski definition) is 4. The molecule has 0 saturated heterocycles. The van der Waals surface area contributed by atoms with Gasteiger partial charge in [-0.15, -0.1) is 0 Å². The third-order valence-electron chi connectivity index (χ3n) is 4.18. The van der Waals surface area contributed by atoms with Gasteiger partial charge in [-0.25, -0.2) is 9.78 Å². The van der Waals surface area contributed by atoms with Crippen molar-refractivity contribution in [3.8, 4) is 0 Å². The van der Waals surface area contributed by atoms with Crippen molar-refractivity contribution in [1.29, 1.82) is 0 Å². The predicted octanol–water partition coefficient (Wildman–Crippen LogP) is 2.96. The molecule has 3 amide bonds. The van der Waals surface area contributed by atoms with Gasteiger partial charge in [-0.3, -0.25) is 9.59 Å². The second-order valence-corrected chi connectivity index (χ2v) is 7.92. The Bertz CT molecular complexity index is 1080. The van der Waals surface area contributed by atoms with Crippen LogP contribution in [0.25, 0.3) is 11.0 Å². The third kappa shape index (κ3) is 6.56. The molecule has 4 N–H and O–H groups in total. The number of rotatable bonds is 6. The highest BCUT2D eigenvalue weighted by Crippen LogP contribution is 2.15. The molecule has 0 fully saturated rings. The molecule has 0 aliphatic rings. The number of nitrogens with one attached hydrogen (secondary N) is 4. The van der Waals surface area contributed by atoms with Crippen molar-refractivity contribution < 1.29 is 19.1 Å². The minimum atomic E-state index is -0.644. The fourth-order valence-corrected chi connectivity index (χ4v) is 2.72. The molecule has 1 aromatic heterocycles. The van der Waals surface area contributed by atoms with Crippen molar-refractivity contribution in [3.05, 3.63) is 59.9 Å². The Hall–Kier alpha value is -3.88. The highest BCUT2D eigenvalue weighted by atomic mass is 16.6. The average molecular weight is 423 g/mol. The lowest BCUT2D eigenvalue weighted by molar-refractivity contribution is -0.120. The van der Waals surface area contributed by atoms with Gasteiger partial charge in [-0.05, 0) is 56.7 Å². The molecule has 9 heteroatoms. The third-order valence-corrected chi connectivity index (χ3v) is 4.18. The molecule has 0 unspecified atom stereocenters. The van der Waals surface area contributed by atoms with Gasteiger partial charge in [0.05, 0.1) is 17.4 Å². The van der Waals surface area contributed by atoms with Gasteiger partial charge in [0.15, 0.2) is 0 Å². The van der Waals surface area contributed by atoms with Crippen LogP contribution in [0.2, 0.25) is 0 Å². The summed E-state index contributed by atoms with van der Waals surface area (Å²) in [5.74, 6) is -0.566. The molecule has 0 saturated carbocycles. The van der Waals surface area contributed by atoms with E-state index in [1.165, 1.54) is 0 Å². The first-order valence-electron chi connectivity index (χ1n) is 9.76. The van der Waals surface area contributed by atoms with E-state index in [4.69, 9.17) is 4.74 Å². The number of fused-ring (bicyclic) bond motifs is 1. The number of ether oxygens (including phenoxy) is 1. The van der Waals surface area contributed by atoms with Crippen LogP contribution < -0.4 is 16.0 Å². The Morgan fingerprint density at radius 1 is 1.03 bits per heavy atom. The lowest BCUT2D eigenvalue weighted by atomic mass is 10.1. The number of imidazole rings is 1. The summed E-state index contributed by atoms with van der Waals surface area (Å²) in [4.78, 5) is 43.0. The molecule has 162 valence electrons. The van der Waals surface area contributed by atoms with Crippen LogP contribution in [-0.4, -0.2) is 40.0 Å². The molecule has 0 bridgehead atoms. The highest BCUT2D eigenvalue weighted by molar-refractivity contribution is 6.05. The van der Waals surface area contributed by atoms with Crippen LogP contribution in [0.4, 0.5) is 10.5 Å². The van der Waals surface area contributed by atoms with E-state index in [9.17, 15) is 14.4 Å². The van der Waals surface area contributed by atoms with Crippen LogP contribution in [-0.2, 0) is 16.1 Å². The summed E-state index contributed by atoms with van der Waals surface area (Å²) < 4.78 is 5.08. The molecule has 1 heterocycles. The normalized spacial score (nSPS) is 11.1. The first-order chi connectivity index (χ1) is 14.7. The molecular formula is C22H25N5O4. The van der Waals surface area contributed by atoms with Crippen molar-refractivity contribution in [1.82, 2.24) is 20.6 Å². The topological polar surface area (TPSA) is 125 Å². The van der Waals surface area contributed by atoms with E-state index < -0.39 is 11.7 Å². The van der Waals surface area contributed by atoms with Crippen molar-refractivity contribution >= 4 is 34.6 Å². The Morgan fingerprint density at radius 3 is 2.48 bits per heavy atom. The van der Waals surface area contributed by atoms with Crippen LogP contribution in [0.15, 0.2) is 48.8 Å². The number of benzene rings is 2. The fraction of sp³-hybridized carbons (Fsp3) is 0.273. The van der Waals surface area contributed by atoms with E-state index in [1.807, 2.05) is 0 Å². The average Bonchev–Trinajstić information content (AvgIpc) is 3.18. The molecule has 31 heavy (non-hydrogen) atoms. The summed E-state index contributed by atoms with van der Waals surface area (Å²) in [5.41, 5.74) is 2.97. The fourth-order valence-electron chi connectivity index (χ4n) is 2.72. The molecular weight excluding hydrogens is 398 g/mol. The van der Waals surface area contributed by atoms with Crippen LogP contribution in [0.1, 0.15) is 36.7 Å². The molecule has 2 aromatic carbocycles. The number of carbonyl (C=O) groups excluding carboxylic acids is 3. The van der Waals surface area contributed by atoms with Gasteiger partial charge in [0.1, 0.15) is 12.1 Å². The molecule has 0 radical (unpaired) electrons. The maximum absolute atomic E-state index is 12.4. The standard InChI is InChI=1S/C22H25N5O4/c1-22(2,3)31-21(30)24-12-19(28)23-11-14-4-7-16(8-5-14)27-20(29)15-6-9-17-18(10-15)26-13-25-17/h4-10,13H,11-12H2,1-3H3,(H,23,28)(H,24,30)(H,25,26)(H,27,29). The van der Waals surface area contributed by atoms with E-state index in [2.05, 4.69) is 25.9 Å². The zero-order chi connectivity index (χ0) is 22.4. The second kappa shape index (κ2) is 9.29.